The molecule has 0 bridgehead atoms. The van der Waals surface area contributed by atoms with Crippen molar-refractivity contribution in [3.05, 3.63) is 0 Å². The second-order valence-corrected chi connectivity index (χ2v) is 8.55. The van der Waals surface area contributed by atoms with Crippen LogP contribution in [0.2, 0.25) is 0 Å². The first-order chi connectivity index (χ1) is 9.72. The van der Waals surface area contributed by atoms with Gasteiger partial charge in [0.05, 0.1) is 0 Å². The van der Waals surface area contributed by atoms with E-state index in [4.69, 9.17) is 0 Å². The van der Waals surface area contributed by atoms with Crippen molar-refractivity contribution in [2.45, 2.75) is 99.7 Å². The number of hydrogen-bond acceptors (Lipinski definition) is 1. The standard InChI is InChI=1S/C20H41N/c1-10-16(8)19-12-11-18(13(2)3)20(14(4)5)21(15(6)7)17(19)9/h13-20H,10-12H2,1-9H3. The third-order valence-corrected chi connectivity index (χ3v) is 6.22. The molecule has 1 nitrogen and oxygen atoms in total. The molecule has 1 saturated heterocycles. The van der Waals surface area contributed by atoms with Crippen LogP contribution in [0.15, 0.2) is 0 Å². The first kappa shape index (κ1) is 19.0. The molecule has 1 rings (SSSR count). The van der Waals surface area contributed by atoms with Crippen molar-refractivity contribution in [1.82, 2.24) is 4.90 Å². The van der Waals surface area contributed by atoms with Gasteiger partial charge in [-0.05, 0) is 63.2 Å². The Kier molecular flexibility index (Phi) is 7.24. The summed E-state index contributed by atoms with van der Waals surface area (Å²) in [6.45, 7) is 21.9. The lowest BCUT2D eigenvalue weighted by atomic mass is 9.78. The Bertz CT molecular complexity index is 294. The smallest absolute Gasteiger partial charge is 0.0155 e. The highest BCUT2D eigenvalue weighted by atomic mass is 15.2. The van der Waals surface area contributed by atoms with Gasteiger partial charge in [0.15, 0.2) is 0 Å². The van der Waals surface area contributed by atoms with E-state index in [1.165, 1.54) is 19.3 Å². The van der Waals surface area contributed by atoms with Gasteiger partial charge in [-0.1, -0.05) is 48.0 Å². The molecular formula is C20H41N. The maximum absolute atomic E-state index is 2.89. The lowest BCUT2D eigenvalue weighted by Crippen LogP contribution is -2.53. The third-order valence-electron chi connectivity index (χ3n) is 6.22. The Morgan fingerprint density at radius 1 is 0.857 bits per heavy atom. The molecule has 1 aliphatic heterocycles. The largest absolute Gasteiger partial charge is 0.294 e. The summed E-state index contributed by atoms with van der Waals surface area (Å²) in [5.41, 5.74) is 0. The van der Waals surface area contributed by atoms with E-state index in [9.17, 15) is 0 Å². The van der Waals surface area contributed by atoms with Gasteiger partial charge < -0.3 is 0 Å². The molecule has 0 spiro atoms. The van der Waals surface area contributed by atoms with Gasteiger partial charge in [0.1, 0.15) is 0 Å². The van der Waals surface area contributed by atoms with Gasteiger partial charge in [0, 0.05) is 18.1 Å². The summed E-state index contributed by atoms with van der Waals surface area (Å²) < 4.78 is 0. The Hall–Kier alpha value is -0.0400. The van der Waals surface area contributed by atoms with E-state index < -0.39 is 0 Å². The van der Waals surface area contributed by atoms with Crippen molar-refractivity contribution >= 4 is 0 Å². The number of rotatable bonds is 5. The molecule has 1 fully saturated rings. The minimum Gasteiger partial charge on any atom is -0.294 e. The van der Waals surface area contributed by atoms with Crippen molar-refractivity contribution in [3.63, 3.8) is 0 Å². The number of likely N-dealkylation sites (tertiary alicyclic amines) is 1. The molecule has 1 heterocycles. The zero-order chi connectivity index (χ0) is 16.3. The third kappa shape index (κ3) is 4.24. The summed E-state index contributed by atoms with van der Waals surface area (Å²) in [6.07, 6.45) is 4.16. The molecule has 5 atom stereocenters. The summed E-state index contributed by atoms with van der Waals surface area (Å²) in [7, 11) is 0. The lowest BCUT2D eigenvalue weighted by Gasteiger charge is -2.46. The quantitative estimate of drug-likeness (QED) is 0.616. The van der Waals surface area contributed by atoms with Gasteiger partial charge in [-0.2, -0.15) is 0 Å². The monoisotopic (exact) mass is 295 g/mol. The summed E-state index contributed by atoms with van der Waals surface area (Å²) in [5, 5.41) is 0. The molecular weight excluding hydrogens is 254 g/mol. The van der Waals surface area contributed by atoms with Crippen molar-refractivity contribution in [2.75, 3.05) is 0 Å². The summed E-state index contributed by atoms with van der Waals surface area (Å²) in [6, 6.07) is 2.11. The van der Waals surface area contributed by atoms with E-state index in [0.717, 1.165) is 41.7 Å². The Labute approximate surface area is 134 Å². The molecule has 0 amide bonds. The SMILES string of the molecule is CCC(C)C1CCC(C(C)C)C(C(C)C)N(C(C)C)C1C. The van der Waals surface area contributed by atoms with E-state index in [2.05, 4.69) is 67.2 Å². The lowest BCUT2D eigenvalue weighted by molar-refractivity contribution is 0.0142. The molecule has 0 aromatic carbocycles. The van der Waals surface area contributed by atoms with Gasteiger partial charge in [-0.25, -0.2) is 0 Å². The molecule has 0 saturated carbocycles. The predicted octanol–water partition coefficient (Wildman–Crippen LogP) is 5.84. The second kappa shape index (κ2) is 7.99. The molecule has 5 unspecified atom stereocenters. The molecule has 0 aromatic rings. The zero-order valence-corrected chi connectivity index (χ0v) is 16.2. The van der Waals surface area contributed by atoms with E-state index >= 15 is 0 Å². The van der Waals surface area contributed by atoms with Gasteiger partial charge in [-0.3, -0.25) is 4.90 Å². The van der Waals surface area contributed by atoms with Crippen molar-refractivity contribution in [1.29, 1.82) is 0 Å². The van der Waals surface area contributed by atoms with E-state index in [1.54, 1.807) is 0 Å². The first-order valence-electron chi connectivity index (χ1n) is 9.49. The number of hydrogen-bond donors (Lipinski definition) is 0. The Morgan fingerprint density at radius 3 is 1.76 bits per heavy atom. The molecule has 0 N–H and O–H groups in total. The van der Waals surface area contributed by atoms with Crippen molar-refractivity contribution in [3.8, 4) is 0 Å². The predicted molar refractivity (Wildman–Crippen MR) is 95.6 cm³/mol. The topological polar surface area (TPSA) is 3.24 Å². The molecule has 1 heteroatoms. The van der Waals surface area contributed by atoms with Crippen molar-refractivity contribution in [2.24, 2.45) is 29.6 Å². The normalized spacial score (nSPS) is 33.7. The molecule has 1 aliphatic rings. The maximum atomic E-state index is 2.89. The molecule has 126 valence electrons. The second-order valence-electron chi connectivity index (χ2n) is 8.55. The van der Waals surface area contributed by atoms with Gasteiger partial charge in [0.25, 0.3) is 0 Å². The van der Waals surface area contributed by atoms with Crippen LogP contribution in [0, 0.1) is 29.6 Å². The van der Waals surface area contributed by atoms with Crippen LogP contribution < -0.4 is 0 Å². The summed E-state index contributed by atoms with van der Waals surface area (Å²) in [4.78, 5) is 2.89. The average molecular weight is 296 g/mol. The highest BCUT2D eigenvalue weighted by molar-refractivity contribution is 4.94. The Morgan fingerprint density at radius 2 is 1.38 bits per heavy atom. The highest BCUT2D eigenvalue weighted by Gasteiger charge is 2.42. The van der Waals surface area contributed by atoms with E-state index in [-0.39, 0.29) is 0 Å². The zero-order valence-electron chi connectivity index (χ0n) is 16.2. The van der Waals surface area contributed by atoms with Crippen LogP contribution in [0.3, 0.4) is 0 Å². The molecule has 0 radical (unpaired) electrons. The van der Waals surface area contributed by atoms with Crippen molar-refractivity contribution < 1.29 is 0 Å². The molecule has 21 heavy (non-hydrogen) atoms. The van der Waals surface area contributed by atoms with Gasteiger partial charge in [-0.15, -0.1) is 0 Å². The van der Waals surface area contributed by atoms with Crippen LogP contribution in [0.4, 0.5) is 0 Å². The average Bonchev–Trinajstić information content (AvgIpc) is 2.54. The van der Waals surface area contributed by atoms with Crippen LogP contribution in [0.1, 0.15) is 81.6 Å². The minimum atomic E-state index is 0.651. The highest BCUT2D eigenvalue weighted by Crippen LogP contribution is 2.41. The fourth-order valence-electron chi connectivity index (χ4n) is 4.95. The number of nitrogens with zero attached hydrogens (tertiary/aromatic N) is 1. The first-order valence-corrected chi connectivity index (χ1v) is 9.49. The van der Waals surface area contributed by atoms with Crippen LogP contribution in [-0.4, -0.2) is 23.0 Å². The fourth-order valence-corrected chi connectivity index (χ4v) is 4.95. The van der Waals surface area contributed by atoms with Crippen LogP contribution in [0.25, 0.3) is 0 Å². The van der Waals surface area contributed by atoms with E-state index in [0.29, 0.717) is 6.04 Å². The van der Waals surface area contributed by atoms with Gasteiger partial charge in [0.2, 0.25) is 0 Å². The fraction of sp³-hybridized carbons (Fsp3) is 1.00. The van der Waals surface area contributed by atoms with E-state index in [1.807, 2.05) is 0 Å². The summed E-state index contributed by atoms with van der Waals surface area (Å²) in [5.74, 6) is 4.10. The van der Waals surface area contributed by atoms with Crippen LogP contribution in [-0.2, 0) is 0 Å². The van der Waals surface area contributed by atoms with Crippen LogP contribution >= 0.6 is 0 Å². The van der Waals surface area contributed by atoms with Crippen LogP contribution in [0.5, 0.6) is 0 Å². The Balaban J connectivity index is 3.18. The molecule has 0 aromatic heterocycles. The molecule has 0 aliphatic carbocycles. The summed E-state index contributed by atoms with van der Waals surface area (Å²) >= 11 is 0. The minimum absolute atomic E-state index is 0.651. The van der Waals surface area contributed by atoms with Gasteiger partial charge >= 0.3 is 0 Å². The maximum Gasteiger partial charge on any atom is 0.0155 e.